The van der Waals surface area contributed by atoms with Crippen LogP contribution >= 0.6 is 0 Å². The minimum absolute atomic E-state index is 0.205. The fourth-order valence-electron chi connectivity index (χ4n) is 5.28. The molecule has 0 radical (unpaired) electrons. The quantitative estimate of drug-likeness (QED) is 0.356. The molecule has 0 N–H and O–H groups in total. The van der Waals surface area contributed by atoms with Crippen LogP contribution in [-0.4, -0.2) is 45.2 Å². The first-order valence-corrected chi connectivity index (χ1v) is 12.7. The van der Waals surface area contributed by atoms with E-state index in [1.807, 2.05) is 48.5 Å². The summed E-state index contributed by atoms with van der Waals surface area (Å²) < 4.78 is 36.5. The number of fused-ring (bicyclic) bond motifs is 2. The number of rotatable bonds is 10. The highest BCUT2D eigenvalue weighted by Crippen LogP contribution is 2.50. The second kappa shape index (κ2) is 10.8. The molecule has 2 saturated heterocycles. The predicted molar refractivity (Wildman–Crippen MR) is 141 cm³/mol. The van der Waals surface area contributed by atoms with Crippen LogP contribution in [0.4, 0.5) is 0 Å². The molecule has 37 heavy (non-hydrogen) atoms. The van der Waals surface area contributed by atoms with Crippen molar-refractivity contribution in [1.29, 1.82) is 0 Å². The second-order valence-electron chi connectivity index (χ2n) is 10.1. The largest absolute Gasteiger partial charge is 0.497 e. The zero-order chi connectivity index (χ0) is 26.0. The predicted octanol–water partition coefficient (Wildman–Crippen LogP) is 5.64. The third-order valence-corrected chi connectivity index (χ3v) is 7.55. The first-order valence-electron chi connectivity index (χ1n) is 12.7. The van der Waals surface area contributed by atoms with Crippen LogP contribution in [0.3, 0.4) is 0 Å². The summed E-state index contributed by atoms with van der Waals surface area (Å²) in [7, 11) is 3.33. The molecular weight excluding hydrogens is 468 g/mol. The van der Waals surface area contributed by atoms with Gasteiger partial charge < -0.3 is 28.4 Å². The molecule has 0 amide bonds. The molecule has 6 nitrogen and oxygen atoms in total. The normalized spacial score (nSPS) is 24.4. The SMILES string of the molecule is COc1ccc(COC[C@@]23CO[C@@H]([C@H](c4cc(C)c(C)cc4C)O2)[C@@H]3OCc2ccc(OC)cc2)cc1. The van der Waals surface area contributed by atoms with Crippen LogP contribution in [0.25, 0.3) is 0 Å². The van der Waals surface area contributed by atoms with E-state index >= 15 is 0 Å². The molecule has 2 bridgehead atoms. The number of hydrogen-bond donors (Lipinski definition) is 0. The van der Waals surface area contributed by atoms with E-state index in [1.54, 1.807) is 14.2 Å². The van der Waals surface area contributed by atoms with Crippen molar-refractivity contribution in [3.63, 3.8) is 0 Å². The van der Waals surface area contributed by atoms with Gasteiger partial charge in [0.05, 0.1) is 40.6 Å². The maximum absolute atomic E-state index is 6.81. The van der Waals surface area contributed by atoms with Crippen molar-refractivity contribution in [2.75, 3.05) is 27.4 Å². The number of hydrogen-bond acceptors (Lipinski definition) is 6. The monoisotopic (exact) mass is 504 g/mol. The Morgan fingerprint density at radius 1 is 0.784 bits per heavy atom. The Hall–Kier alpha value is -2.90. The standard InChI is InChI=1S/C31H36O6/c1-20-14-22(3)27(15-21(20)2)28-29-30(35-17-24-8-12-26(33-5)13-9-24)31(37-28,19-36-29)18-34-16-23-6-10-25(32-4)11-7-23/h6-15,28-30H,16-19H2,1-5H3/t28-,29-,30-,31-/m0/s1. The zero-order valence-electron chi connectivity index (χ0n) is 22.3. The van der Waals surface area contributed by atoms with Gasteiger partial charge in [-0.15, -0.1) is 0 Å². The first-order chi connectivity index (χ1) is 17.9. The summed E-state index contributed by atoms with van der Waals surface area (Å²) in [6, 6.07) is 20.3. The van der Waals surface area contributed by atoms with Crippen molar-refractivity contribution in [2.45, 2.75) is 57.9 Å². The van der Waals surface area contributed by atoms with E-state index in [-0.39, 0.29) is 18.3 Å². The van der Waals surface area contributed by atoms with E-state index < -0.39 is 5.60 Å². The zero-order valence-corrected chi connectivity index (χ0v) is 22.3. The lowest BCUT2D eigenvalue weighted by molar-refractivity contribution is -0.176. The molecule has 0 saturated carbocycles. The van der Waals surface area contributed by atoms with Gasteiger partial charge in [-0.2, -0.15) is 0 Å². The van der Waals surface area contributed by atoms with Crippen LogP contribution < -0.4 is 9.47 Å². The van der Waals surface area contributed by atoms with Gasteiger partial charge in [0, 0.05) is 0 Å². The van der Waals surface area contributed by atoms with Crippen LogP contribution in [0.15, 0.2) is 60.7 Å². The van der Waals surface area contributed by atoms with Gasteiger partial charge in [0.25, 0.3) is 0 Å². The van der Waals surface area contributed by atoms with Crippen LogP contribution in [0.1, 0.15) is 39.5 Å². The Morgan fingerprint density at radius 3 is 2.00 bits per heavy atom. The molecule has 196 valence electrons. The lowest BCUT2D eigenvalue weighted by Gasteiger charge is -2.32. The van der Waals surface area contributed by atoms with Gasteiger partial charge in [-0.3, -0.25) is 0 Å². The maximum atomic E-state index is 6.81. The molecule has 2 aliphatic heterocycles. The summed E-state index contributed by atoms with van der Waals surface area (Å²) in [4.78, 5) is 0. The Labute approximate surface area is 219 Å². The van der Waals surface area contributed by atoms with Crippen molar-refractivity contribution < 1.29 is 28.4 Å². The van der Waals surface area contributed by atoms with E-state index in [0.29, 0.717) is 26.4 Å². The van der Waals surface area contributed by atoms with Gasteiger partial charge in [0.1, 0.15) is 35.4 Å². The number of aryl methyl sites for hydroxylation is 3. The summed E-state index contributed by atoms with van der Waals surface area (Å²) >= 11 is 0. The fourth-order valence-corrected chi connectivity index (χ4v) is 5.28. The molecule has 2 fully saturated rings. The minimum atomic E-state index is -0.681. The molecule has 0 aromatic heterocycles. The number of methoxy groups -OCH3 is 2. The van der Waals surface area contributed by atoms with Crippen molar-refractivity contribution in [3.05, 3.63) is 94.0 Å². The molecular formula is C31H36O6. The molecule has 5 rings (SSSR count). The molecule has 3 aromatic rings. The van der Waals surface area contributed by atoms with Crippen molar-refractivity contribution in [2.24, 2.45) is 0 Å². The van der Waals surface area contributed by atoms with Crippen molar-refractivity contribution >= 4 is 0 Å². The first kappa shape index (κ1) is 25.7. The lowest BCUT2D eigenvalue weighted by Crippen LogP contribution is -2.46. The molecule has 6 heteroatoms. The molecule has 2 heterocycles. The van der Waals surface area contributed by atoms with E-state index in [9.17, 15) is 0 Å². The van der Waals surface area contributed by atoms with Crippen LogP contribution in [0.5, 0.6) is 11.5 Å². The number of benzene rings is 3. The van der Waals surface area contributed by atoms with Gasteiger partial charge >= 0.3 is 0 Å². The summed E-state index contributed by atoms with van der Waals surface area (Å²) in [6.45, 7) is 8.15. The molecule has 4 atom stereocenters. The van der Waals surface area contributed by atoms with Gasteiger partial charge in [0.2, 0.25) is 0 Å². The van der Waals surface area contributed by atoms with E-state index in [4.69, 9.17) is 28.4 Å². The molecule has 0 spiro atoms. The maximum Gasteiger partial charge on any atom is 0.144 e. The topological polar surface area (TPSA) is 55.4 Å². The summed E-state index contributed by atoms with van der Waals surface area (Å²) in [5.41, 5.74) is 6.33. The van der Waals surface area contributed by atoms with E-state index in [0.717, 1.165) is 28.2 Å². The highest BCUT2D eigenvalue weighted by atomic mass is 16.7. The number of ether oxygens (including phenoxy) is 6. The highest BCUT2D eigenvalue weighted by Gasteiger charge is 2.63. The summed E-state index contributed by atoms with van der Waals surface area (Å²) in [5.74, 6) is 1.65. The molecule has 3 aromatic carbocycles. The van der Waals surface area contributed by atoms with Gasteiger partial charge in [-0.05, 0) is 78.4 Å². The van der Waals surface area contributed by atoms with Crippen LogP contribution in [-0.2, 0) is 32.2 Å². The molecule has 2 aliphatic rings. The van der Waals surface area contributed by atoms with Crippen LogP contribution in [0.2, 0.25) is 0 Å². The lowest BCUT2D eigenvalue weighted by atomic mass is 9.93. The van der Waals surface area contributed by atoms with E-state index in [2.05, 4.69) is 32.9 Å². The summed E-state index contributed by atoms with van der Waals surface area (Å²) in [5, 5.41) is 0. The Morgan fingerprint density at radius 2 is 1.38 bits per heavy atom. The molecule has 0 aliphatic carbocycles. The fraction of sp³-hybridized carbons (Fsp3) is 0.419. The Kier molecular flexibility index (Phi) is 7.54. The van der Waals surface area contributed by atoms with Gasteiger partial charge in [-0.25, -0.2) is 0 Å². The second-order valence-corrected chi connectivity index (χ2v) is 10.1. The third-order valence-electron chi connectivity index (χ3n) is 7.55. The highest BCUT2D eigenvalue weighted by molar-refractivity contribution is 5.39. The van der Waals surface area contributed by atoms with E-state index in [1.165, 1.54) is 16.7 Å². The van der Waals surface area contributed by atoms with Crippen LogP contribution in [0, 0.1) is 20.8 Å². The van der Waals surface area contributed by atoms with Crippen molar-refractivity contribution in [1.82, 2.24) is 0 Å². The smallest absolute Gasteiger partial charge is 0.144 e. The Bertz CT molecular complexity index is 1210. The average molecular weight is 505 g/mol. The van der Waals surface area contributed by atoms with Crippen molar-refractivity contribution in [3.8, 4) is 11.5 Å². The minimum Gasteiger partial charge on any atom is -0.497 e. The summed E-state index contributed by atoms with van der Waals surface area (Å²) in [6.07, 6.45) is -0.668. The van der Waals surface area contributed by atoms with Gasteiger partial charge in [0.15, 0.2) is 0 Å². The third kappa shape index (κ3) is 5.25. The van der Waals surface area contributed by atoms with Gasteiger partial charge in [-0.1, -0.05) is 36.4 Å². The average Bonchev–Trinajstić information content (AvgIpc) is 3.41. The Balaban J connectivity index is 1.35. The molecule has 0 unspecified atom stereocenters.